The molecule has 0 saturated carbocycles. The fraction of sp³-hybridized carbons (Fsp3) is 0.455. The summed E-state index contributed by atoms with van der Waals surface area (Å²) in [6, 6.07) is 6.14. The van der Waals surface area contributed by atoms with E-state index in [-0.39, 0.29) is 0 Å². The third kappa shape index (κ3) is 1.37. The molecule has 0 radical (unpaired) electrons. The van der Waals surface area contributed by atoms with Crippen molar-refractivity contribution < 1.29 is 0 Å². The van der Waals surface area contributed by atoms with Crippen molar-refractivity contribution in [2.24, 2.45) is 5.92 Å². The molecule has 0 bridgehead atoms. The average molecular weight is 176 g/mol. The first-order valence-corrected chi connectivity index (χ1v) is 4.78. The molecule has 0 amide bonds. The molecular formula is C11H16N2. The Kier molecular flexibility index (Phi) is 1.91. The van der Waals surface area contributed by atoms with Crippen molar-refractivity contribution in [1.82, 2.24) is 0 Å². The zero-order valence-electron chi connectivity index (χ0n) is 8.25. The number of nitrogen functional groups attached to an aromatic ring is 1. The lowest BCUT2D eigenvalue weighted by Crippen LogP contribution is -2.45. The van der Waals surface area contributed by atoms with Crippen LogP contribution in [0.3, 0.4) is 0 Å². The minimum Gasteiger partial charge on any atom is -0.398 e. The largest absolute Gasteiger partial charge is 0.398 e. The van der Waals surface area contributed by atoms with Gasteiger partial charge >= 0.3 is 0 Å². The lowest BCUT2D eigenvalue weighted by atomic mass is 10.00. The Morgan fingerprint density at radius 3 is 2.69 bits per heavy atom. The van der Waals surface area contributed by atoms with Gasteiger partial charge in [0.1, 0.15) is 0 Å². The van der Waals surface area contributed by atoms with Crippen LogP contribution in [-0.4, -0.2) is 13.1 Å². The van der Waals surface area contributed by atoms with Gasteiger partial charge in [0.2, 0.25) is 0 Å². The summed E-state index contributed by atoms with van der Waals surface area (Å²) in [4.78, 5) is 2.39. The van der Waals surface area contributed by atoms with Gasteiger partial charge in [0.05, 0.1) is 0 Å². The van der Waals surface area contributed by atoms with E-state index >= 15 is 0 Å². The van der Waals surface area contributed by atoms with Gasteiger partial charge in [0.25, 0.3) is 0 Å². The third-order valence-corrected chi connectivity index (χ3v) is 2.75. The maximum Gasteiger partial charge on any atom is 0.0416 e. The Morgan fingerprint density at radius 2 is 2.08 bits per heavy atom. The van der Waals surface area contributed by atoms with E-state index in [9.17, 15) is 0 Å². The summed E-state index contributed by atoms with van der Waals surface area (Å²) in [5, 5.41) is 0. The molecule has 2 rings (SSSR count). The fourth-order valence-corrected chi connectivity index (χ4v) is 1.88. The maximum absolute atomic E-state index is 5.85. The van der Waals surface area contributed by atoms with Gasteiger partial charge in [0.15, 0.2) is 0 Å². The van der Waals surface area contributed by atoms with Crippen LogP contribution < -0.4 is 10.6 Å². The molecule has 2 heteroatoms. The highest BCUT2D eigenvalue weighted by molar-refractivity contribution is 5.65. The highest BCUT2D eigenvalue weighted by Crippen LogP contribution is 2.29. The van der Waals surface area contributed by atoms with Crippen LogP contribution in [0.4, 0.5) is 11.4 Å². The predicted octanol–water partition coefficient (Wildman–Crippen LogP) is 2.03. The normalized spacial score (nSPS) is 17.2. The molecule has 1 heterocycles. The van der Waals surface area contributed by atoms with E-state index in [1.807, 2.05) is 12.1 Å². The van der Waals surface area contributed by atoms with Crippen molar-refractivity contribution in [3.8, 4) is 0 Å². The second kappa shape index (κ2) is 2.95. The fourth-order valence-electron chi connectivity index (χ4n) is 1.88. The van der Waals surface area contributed by atoms with Crippen molar-refractivity contribution in [1.29, 1.82) is 0 Å². The van der Waals surface area contributed by atoms with Gasteiger partial charge in [-0.1, -0.05) is 13.0 Å². The first kappa shape index (κ1) is 8.42. The maximum atomic E-state index is 5.85. The summed E-state index contributed by atoms with van der Waals surface area (Å²) < 4.78 is 0. The molecule has 0 atom stereocenters. The number of nitrogens with zero attached hydrogens (tertiary/aromatic N) is 1. The smallest absolute Gasteiger partial charge is 0.0416 e. The Balaban J connectivity index is 2.26. The van der Waals surface area contributed by atoms with Gasteiger partial charge in [-0.05, 0) is 30.5 Å². The lowest BCUT2D eigenvalue weighted by Gasteiger charge is -2.40. The van der Waals surface area contributed by atoms with E-state index in [1.54, 1.807) is 0 Å². The average Bonchev–Trinajstić information content (AvgIpc) is 2.05. The lowest BCUT2D eigenvalue weighted by molar-refractivity contribution is 0.447. The van der Waals surface area contributed by atoms with E-state index in [0.29, 0.717) is 0 Å². The number of hydrogen-bond donors (Lipinski definition) is 1. The van der Waals surface area contributed by atoms with Crippen LogP contribution >= 0.6 is 0 Å². The highest BCUT2D eigenvalue weighted by Gasteiger charge is 2.23. The van der Waals surface area contributed by atoms with Crippen molar-refractivity contribution in [3.63, 3.8) is 0 Å². The van der Waals surface area contributed by atoms with E-state index in [2.05, 4.69) is 24.8 Å². The zero-order chi connectivity index (χ0) is 9.42. The van der Waals surface area contributed by atoms with Crippen LogP contribution in [0.5, 0.6) is 0 Å². The number of rotatable bonds is 1. The van der Waals surface area contributed by atoms with Crippen molar-refractivity contribution in [3.05, 3.63) is 23.8 Å². The number of nitrogens with two attached hydrogens (primary N) is 1. The molecule has 1 aromatic rings. The summed E-state index contributed by atoms with van der Waals surface area (Å²) in [5.41, 5.74) is 9.27. The summed E-state index contributed by atoms with van der Waals surface area (Å²) in [5.74, 6) is 0.834. The minimum atomic E-state index is 0.834. The third-order valence-electron chi connectivity index (χ3n) is 2.75. The molecule has 1 fully saturated rings. The predicted molar refractivity (Wildman–Crippen MR) is 57.0 cm³/mol. The molecule has 2 nitrogen and oxygen atoms in total. The van der Waals surface area contributed by atoms with Crippen LogP contribution in [0.1, 0.15) is 12.5 Å². The minimum absolute atomic E-state index is 0.834. The van der Waals surface area contributed by atoms with Crippen LogP contribution in [0.25, 0.3) is 0 Å². The molecule has 0 unspecified atom stereocenters. The molecule has 0 spiro atoms. The molecule has 70 valence electrons. The topological polar surface area (TPSA) is 29.3 Å². The van der Waals surface area contributed by atoms with E-state index < -0.39 is 0 Å². The second-order valence-corrected chi connectivity index (χ2v) is 4.00. The van der Waals surface area contributed by atoms with Crippen molar-refractivity contribution in [2.75, 3.05) is 23.7 Å². The monoisotopic (exact) mass is 176 g/mol. The van der Waals surface area contributed by atoms with Crippen molar-refractivity contribution in [2.45, 2.75) is 13.8 Å². The molecule has 1 aliphatic rings. The second-order valence-electron chi connectivity index (χ2n) is 4.00. The zero-order valence-corrected chi connectivity index (χ0v) is 8.25. The molecule has 2 N–H and O–H groups in total. The number of benzene rings is 1. The van der Waals surface area contributed by atoms with Gasteiger partial charge in [-0.2, -0.15) is 0 Å². The van der Waals surface area contributed by atoms with E-state index in [0.717, 1.165) is 11.6 Å². The first-order chi connectivity index (χ1) is 6.18. The Labute approximate surface area is 79.4 Å². The quantitative estimate of drug-likeness (QED) is 0.663. The molecule has 0 aliphatic carbocycles. The van der Waals surface area contributed by atoms with Crippen LogP contribution in [0.15, 0.2) is 18.2 Å². The Morgan fingerprint density at radius 1 is 1.38 bits per heavy atom. The van der Waals surface area contributed by atoms with E-state index in [1.165, 1.54) is 24.3 Å². The number of hydrogen-bond acceptors (Lipinski definition) is 2. The molecule has 1 saturated heterocycles. The number of anilines is 2. The molecular weight excluding hydrogens is 160 g/mol. The molecule has 1 aromatic carbocycles. The van der Waals surface area contributed by atoms with Gasteiger partial charge in [0, 0.05) is 24.5 Å². The molecule has 0 aromatic heterocycles. The van der Waals surface area contributed by atoms with Crippen molar-refractivity contribution >= 4 is 11.4 Å². The van der Waals surface area contributed by atoms with Crippen LogP contribution in [0.2, 0.25) is 0 Å². The standard InChI is InChI=1S/C11H16N2/c1-8-6-13(7-8)11-5-3-4-10(12)9(11)2/h3-5,8H,6-7,12H2,1-2H3. The Hall–Kier alpha value is -1.18. The highest BCUT2D eigenvalue weighted by atomic mass is 15.2. The van der Waals surface area contributed by atoms with Gasteiger partial charge in [-0.25, -0.2) is 0 Å². The summed E-state index contributed by atoms with van der Waals surface area (Å²) in [6.07, 6.45) is 0. The van der Waals surface area contributed by atoms with Gasteiger partial charge in [-0.3, -0.25) is 0 Å². The summed E-state index contributed by atoms with van der Waals surface area (Å²) in [6.45, 7) is 6.71. The van der Waals surface area contributed by atoms with Gasteiger partial charge < -0.3 is 10.6 Å². The summed E-state index contributed by atoms with van der Waals surface area (Å²) in [7, 11) is 0. The summed E-state index contributed by atoms with van der Waals surface area (Å²) >= 11 is 0. The van der Waals surface area contributed by atoms with Crippen LogP contribution in [-0.2, 0) is 0 Å². The Bertz CT molecular complexity index is 314. The first-order valence-electron chi connectivity index (χ1n) is 4.78. The van der Waals surface area contributed by atoms with Crippen LogP contribution in [0, 0.1) is 12.8 Å². The van der Waals surface area contributed by atoms with E-state index in [4.69, 9.17) is 5.73 Å². The molecule has 1 aliphatic heterocycles. The SMILES string of the molecule is Cc1c(N)cccc1N1CC(C)C1. The molecule has 13 heavy (non-hydrogen) atoms. The van der Waals surface area contributed by atoms with Gasteiger partial charge in [-0.15, -0.1) is 0 Å².